The van der Waals surface area contributed by atoms with E-state index >= 15 is 0 Å². The highest BCUT2D eigenvalue weighted by molar-refractivity contribution is 5.11. The Morgan fingerprint density at radius 2 is 1.88 bits per heavy atom. The molecule has 2 heterocycles. The summed E-state index contributed by atoms with van der Waals surface area (Å²) >= 11 is 0. The number of terminal acetylenes is 1. The van der Waals surface area contributed by atoms with Gasteiger partial charge in [0.2, 0.25) is 0 Å². The van der Waals surface area contributed by atoms with E-state index in [1.807, 2.05) is 13.8 Å². The van der Waals surface area contributed by atoms with Crippen LogP contribution in [0.5, 0.6) is 0 Å². The van der Waals surface area contributed by atoms with Crippen LogP contribution in [0.3, 0.4) is 0 Å². The Morgan fingerprint density at radius 1 is 1.25 bits per heavy atom. The molecule has 0 unspecified atom stereocenters. The highest BCUT2D eigenvalue weighted by atomic mass is 16.3. The van der Waals surface area contributed by atoms with Gasteiger partial charge in [0.15, 0.2) is 0 Å². The predicted octanol–water partition coefficient (Wildman–Crippen LogP) is 0.539. The lowest BCUT2D eigenvalue weighted by molar-refractivity contribution is 0.0968. The van der Waals surface area contributed by atoms with E-state index < -0.39 is 0 Å². The fourth-order valence-corrected chi connectivity index (χ4v) is 2.75. The smallest absolute Gasteiger partial charge is 0.0835 e. The van der Waals surface area contributed by atoms with Gasteiger partial charge in [0.1, 0.15) is 0 Å². The van der Waals surface area contributed by atoms with Gasteiger partial charge in [-0.25, -0.2) is 0 Å². The molecule has 0 radical (unpaired) electrons. The lowest BCUT2D eigenvalue weighted by atomic mass is 10.1. The standard InChI is InChI=1S/C13H22N2O/c1-4-13(2,3)15-9-11(12(16)10-15)14-7-5-6-8-14/h1,11-12,16H,5-10H2,2-3H3/t11-,12-/m1/s1. The van der Waals surface area contributed by atoms with Crippen molar-refractivity contribution in [1.29, 1.82) is 0 Å². The van der Waals surface area contributed by atoms with Crippen molar-refractivity contribution < 1.29 is 5.11 Å². The lowest BCUT2D eigenvalue weighted by Crippen LogP contribution is -2.44. The van der Waals surface area contributed by atoms with Gasteiger partial charge in [-0.3, -0.25) is 9.80 Å². The first-order valence-corrected chi connectivity index (χ1v) is 6.19. The number of hydrogen-bond acceptors (Lipinski definition) is 3. The van der Waals surface area contributed by atoms with Gasteiger partial charge in [0.25, 0.3) is 0 Å². The summed E-state index contributed by atoms with van der Waals surface area (Å²) in [5.41, 5.74) is -0.241. The highest BCUT2D eigenvalue weighted by Gasteiger charge is 2.41. The van der Waals surface area contributed by atoms with E-state index in [0.29, 0.717) is 6.54 Å². The Kier molecular flexibility index (Phi) is 3.25. The molecule has 16 heavy (non-hydrogen) atoms. The summed E-state index contributed by atoms with van der Waals surface area (Å²) in [6.45, 7) is 7.97. The molecule has 2 aliphatic heterocycles. The van der Waals surface area contributed by atoms with Crippen molar-refractivity contribution in [1.82, 2.24) is 9.80 Å². The minimum atomic E-state index is -0.245. The van der Waals surface area contributed by atoms with Gasteiger partial charge in [-0.1, -0.05) is 5.92 Å². The zero-order chi connectivity index (χ0) is 11.8. The number of likely N-dealkylation sites (tertiary alicyclic amines) is 2. The van der Waals surface area contributed by atoms with E-state index in [1.54, 1.807) is 0 Å². The second-order valence-electron chi connectivity index (χ2n) is 5.49. The summed E-state index contributed by atoms with van der Waals surface area (Å²) in [5.74, 6) is 2.81. The molecular formula is C13H22N2O. The molecule has 2 rings (SSSR count). The second-order valence-corrected chi connectivity index (χ2v) is 5.49. The molecule has 90 valence electrons. The molecule has 0 bridgehead atoms. The largest absolute Gasteiger partial charge is 0.390 e. The average Bonchev–Trinajstić information content (AvgIpc) is 2.86. The lowest BCUT2D eigenvalue weighted by Gasteiger charge is -2.31. The third kappa shape index (κ3) is 2.10. The van der Waals surface area contributed by atoms with E-state index in [1.165, 1.54) is 12.8 Å². The molecular weight excluding hydrogens is 200 g/mol. The predicted molar refractivity (Wildman–Crippen MR) is 65.1 cm³/mol. The van der Waals surface area contributed by atoms with Crippen molar-refractivity contribution in [3.63, 3.8) is 0 Å². The first kappa shape index (κ1) is 11.9. The van der Waals surface area contributed by atoms with Gasteiger partial charge in [-0.15, -0.1) is 6.42 Å². The molecule has 0 aliphatic carbocycles. The Morgan fingerprint density at radius 3 is 2.44 bits per heavy atom. The topological polar surface area (TPSA) is 26.7 Å². The normalized spacial score (nSPS) is 33.1. The van der Waals surface area contributed by atoms with Gasteiger partial charge < -0.3 is 5.11 Å². The zero-order valence-electron chi connectivity index (χ0n) is 10.3. The van der Waals surface area contributed by atoms with Crippen LogP contribution in [-0.4, -0.2) is 58.8 Å². The van der Waals surface area contributed by atoms with E-state index in [-0.39, 0.29) is 17.7 Å². The summed E-state index contributed by atoms with van der Waals surface area (Å²) < 4.78 is 0. The summed E-state index contributed by atoms with van der Waals surface area (Å²) in [7, 11) is 0. The number of rotatable bonds is 2. The molecule has 0 aromatic heterocycles. The van der Waals surface area contributed by atoms with Gasteiger partial charge in [-0.2, -0.15) is 0 Å². The molecule has 3 heteroatoms. The number of hydrogen-bond donors (Lipinski definition) is 1. The minimum Gasteiger partial charge on any atom is -0.390 e. The van der Waals surface area contributed by atoms with Crippen molar-refractivity contribution in [2.75, 3.05) is 26.2 Å². The molecule has 2 saturated heterocycles. The Bertz CT molecular complexity index is 289. The minimum absolute atomic E-state index is 0.241. The van der Waals surface area contributed by atoms with E-state index in [9.17, 15) is 5.11 Å². The number of aliphatic hydroxyl groups is 1. The molecule has 0 aromatic carbocycles. The summed E-state index contributed by atoms with van der Waals surface area (Å²) in [4.78, 5) is 4.64. The first-order valence-electron chi connectivity index (χ1n) is 6.19. The molecule has 0 amide bonds. The average molecular weight is 222 g/mol. The maximum absolute atomic E-state index is 10.1. The number of aliphatic hydroxyl groups excluding tert-OH is 1. The fraction of sp³-hybridized carbons (Fsp3) is 0.846. The third-order valence-electron chi connectivity index (χ3n) is 4.01. The van der Waals surface area contributed by atoms with E-state index in [4.69, 9.17) is 6.42 Å². The Labute approximate surface area is 98.4 Å². The summed E-state index contributed by atoms with van der Waals surface area (Å²) in [5, 5.41) is 10.1. The van der Waals surface area contributed by atoms with Gasteiger partial charge in [-0.05, 0) is 39.8 Å². The van der Waals surface area contributed by atoms with Crippen LogP contribution in [0, 0.1) is 12.3 Å². The number of nitrogens with zero attached hydrogens (tertiary/aromatic N) is 2. The Hall–Kier alpha value is -0.560. The monoisotopic (exact) mass is 222 g/mol. The molecule has 2 fully saturated rings. The fourth-order valence-electron chi connectivity index (χ4n) is 2.75. The molecule has 0 aromatic rings. The van der Waals surface area contributed by atoms with Crippen molar-refractivity contribution in [2.45, 2.75) is 44.4 Å². The van der Waals surface area contributed by atoms with Gasteiger partial charge >= 0.3 is 0 Å². The van der Waals surface area contributed by atoms with Crippen molar-refractivity contribution >= 4 is 0 Å². The van der Waals surface area contributed by atoms with Crippen LogP contribution >= 0.6 is 0 Å². The Balaban J connectivity index is 2.01. The zero-order valence-corrected chi connectivity index (χ0v) is 10.3. The van der Waals surface area contributed by atoms with Crippen LogP contribution in [0.4, 0.5) is 0 Å². The van der Waals surface area contributed by atoms with Crippen molar-refractivity contribution in [3.05, 3.63) is 0 Å². The summed E-state index contributed by atoms with van der Waals surface area (Å²) in [6, 6.07) is 0.287. The maximum atomic E-state index is 10.1. The molecule has 1 N–H and O–H groups in total. The molecule has 2 aliphatic rings. The number of β-amino-alcohol motifs (C(OH)–C–C–N with tert-alkyl or cyclic N) is 1. The second kappa shape index (κ2) is 4.37. The SMILES string of the molecule is C#CC(C)(C)N1C[C@@H](O)[C@H](N2CCCC2)C1. The van der Waals surface area contributed by atoms with E-state index in [0.717, 1.165) is 19.6 Å². The molecule has 2 atom stereocenters. The quantitative estimate of drug-likeness (QED) is 0.691. The van der Waals surface area contributed by atoms with Crippen LogP contribution in [0.15, 0.2) is 0 Å². The summed E-state index contributed by atoms with van der Waals surface area (Å²) in [6.07, 6.45) is 7.83. The van der Waals surface area contributed by atoms with Crippen LogP contribution in [0.2, 0.25) is 0 Å². The first-order chi connectivity index (χ1) is 7.54. The van der Waals surface area contributed by atoms with Gasteiger partial charge in [0.05, 0.1) is 11.6 Å². The molecule has 0 saturated carbocycles. The van der Waals surface area contributed by atoms with Crippen LogP contribution in [0.1, 0.15) is 26.7 Å². The van der Waals surface area contributed by atoms with Crippen molar-refractivity contribution in [2.24, 2.45) is 0 Å². The van der Waals surface area contributed by atoms with Crippen LogP contribution in [0.25, 0.3) is 0 Å². The third-order valence-corrected chi connectivity index (χ3v) is 4.01. The van der Waals surface area contributed by atoms with E-state index in [2.05, 4.69) is 15.7 Å². The van der Waals surface area contributed by atoms with Crippen LogP contribution < -0.4 is 0 Å². The molecule has 3 nitrogen and oxygen atoms in total. The maximum Gasteiger partial charge on any atom is 0.0835 e. The van der Waals surface area contributed by atoms with Crippen molar-refractivity contribution in [3.8, 4) is 12.3 Å². The van der Waals surface area contributed by atoms with Crippen LogP contribution in [-0.2, 0) is 0 Å². The molecule has 0 spiro atoms. The highest BCUT2D eigenvalue weighted by Crippen LogP contribution is 2.26. The van der Waals surface area contributed by atoms with Gasteiger partial charge in [0, 0.05) is 19.1 Å².